The molecule has 0 radical (unpaired) electrons. The first kappa shape index (κ1) is 31.8. The summed E-state index contributed by atoms with van der Waals surface area (Å²) in [6, 6.07) is 7.00. The minimum atomic E-state index is -0.534. The van der Waals surface area contributed by atoms with Crippen molar-refractivity contribution in [1.82, 2.24) is 15.1 Å². The fraction of sp³-hybridized carbons (Fsp3) is 0.710. The third-order valence-corrected chi connectivity index (χ3v) is 6.91. The zero-order valence-corrected chi connectivity index (χ0v) is 24.5. The topological polar surface area (TPSA) is 79.0 Å². The first-order valence-electron chi connectivity index (χ1n) is 14.8. The third-order valence-electron chi connectivity index (χ3n) is 6.91. The van der Waals surface area contributed by atoms with Crippen LogP contribution in [0, 0.1) is 0 Å². The maximum atomic E-state index is 13.2. The quantitative estimate of drug-likeness (QED) is 0.232. The molecule has 1 fully saturated rings. The Bertz CT molecular complexity index is 863. The van der Waals surface area contributed by atoms with E-state index in [0.29, 0.717) is 38.2 Å². The number of ether oxygens (including phenoxy) is 1. The Hall–Kier alpha value is -2.41. The van der Waals surface area contributed by atoms with Crippen LogP contribution in [-0.4, -0.2) is 65.4 Å². The highest BCUT2D eigenvalue weighted by Gasteiger charge is 2.34. The number of unbranched alkanes of at least 4 members (excludes halogenated alkanes) is 7. The van der Waals surface area contributed by atoms with Gasteiger partial charge in [-0.05, 0) is 51.3 Å². The number of amides is 2. The lowest BCUT2D eigenvalue weighted by Crippen LogP contribution is -2.60. The molecular formula is C31H51N3O4. The lowest BCUT2D eigenvalue weighted by atomic mass is 10.1. The molecule has 1 aromatic carbocycles. The maximum Gasteiger partial charge on any atom is 0.338 e. The second-order valence-corrected chi connectivity index (χ2v) is 11.6. The molecule has 0 bridgehead atoms. The summed E-state index contributed by atoms with van der Waals surface area (Å²) in [5.74, 6) is -0.290. The molecule has 7 heteroatoms. The average Bonchev–Trinajstić information content (AvgIpc) is 2.87. The first-order chi connectivity index (χ1) is 18.1. The Morgan fingerprint density at radius 3 is 2.16 bits per heavy atom. The van der Waals surface area contributed by atoms with Gasteiger partial charge in [-0.1, -0.05) is 70.9 Å². The summed E-state index contributed by atoms with van der Waals surface area (Å²) in [6.45, 7) is 13.0. The van der Waals surface area contributed by atoms with Crippen molar-refractivity contribution in [3.8, 4) is 0 Å². The molecule has 7 nitrogen and oxygen atoms in total. The van der Waals surface area contributed by atoms with E-state index in [1.165, 1.54) is 19.3 Å². The number of hydrogen-bond donors (Lipinski definition) is 1. The van der Waals surface area contributed by atoms with Gasteiger partial charge in [0.1, 0.15) is 11.6 Å². The molecule has 1 heterocycles. The Morgan fingerprint density at radius 1 is 0.895 bits per heavy atom. The summed E-state index contributed by atoms with van der Waals surface area (Å²) < 4.78 is 5.46. The second-order valence-electron chi connectivity index (χ2n) is 11.6. The van der Waals surface area contributed by atoms with Crippen LogP contribution >= 0.6 is 0 Å². The van der Waals surface area contributed by atoms with Gasteiger partial charge in [0.25, 0.3) is 0 Å². The number of nitrogens with one attached hydrogen (secondary N) is 1. The maximum absolute atomic E-state index is 13.2. The van der Waals surface area contributed by atoms with Gasteiger partial charge in [-0.25, -0.2) is 4.79 Å². The molecule has 2 amide bonds. The Balaban J connectivity index is 1.99. The second kappa shape index (κ2) is 16.5. The molecule has 1 atom stereocenters. The van der Waals surface area contributed by atoms with Crippen LogP contribution in [-0.2, 0) is 20.9 Å². The number of esters is 1. The van der Waals surface area contributed by atoms with Crippen LogP contribution in [0.5, 0.6) is 0 Å². The molecule has 0 aliphatic carbocycles. The summed E-state index contributed by atoms with van der Waals surface area (Å²) in [7, 11) is 0. The largest absolute Gasteiger partial charge is 0.456 e. The lowest BCUT2D eigenvalue weighted by Gasteiger charge is -2.40. The van der Waals surface area contributed by atoms with Crippen LogP contribution < -0.4 is 5.32 Å². The molecule has 0 unspecified atom stereocenters. The molecule has 0 spiro atoms. The van der Waals surface area contributed by atoms with Crippen LogP contribution in [0.1, 0.15) is 115 Å². The smallest absolute Gasteiger partial charge is 0.338 e. The molecule has 1 aliphatic rings. The van der Waals surface area contributed by atoms with Crippen LogP contribution in [0.4, 0.5) is 0 Å². The zero-order chi connectivity index (χ0) is 28.0. The van der Waals surface area contributed by atoms with Crippen molar-refractivity contribution in [2.75, 3.05) is 26.2 Å². The molecule has 214 valence electrons. The van der Waals surface area contributed by atoms with Gasteiger partial charge in [0.15, 0.2) is 0 Å². The molecule has 1 N–H and O–H groups in total. The molecule has 1 saturated heterocycles. The van der Waals surface area contributed by atoms with E-state index in [9.17, 15) is 14.4 Å². The van der Waals surface area contributed by atoms with E-state index in [2.05, 4.69) is 24.1 Å². The van der Waals surface area contributed by atoms with Gasteiger partial charge in [-0.3, -0.25) is 14.5 Å². The Morgan fingerprint density at radius 2 is 1.53 bits per heavy atom. The van der Waals surface area contributed by atoms with Gasteiger partial charge in [-0.2, -0.15) is 0 Å². The van der Waals surface area contributed by atoms with Gasteiger partial charge < -0.3 is 15.0 Å². The van der Waals surface area contributed by atoms with Gasteiger partial charge in [-0.15, -0.1) is 0 Å². The molecule has 2 rings (SSSR count). The molecule has 38 heavy (non-hydrogen) atoms. The molecule has 1 aromatic rings. The number of rotatable bonds is 15. The summed E-state index contributed by atoms with van der Waals surface area (Å²) in [5.41, 5.74) is 1.05. The molecule has 0 saturated carbocycles. The van der Waals surface area contributed by atoms with E-state index in [4.69, 9.17) is 4.74 Å². The first-order valence-corrected chi connectivity index (χ1v) is 14.8. The van der Waals surface area contributed by atoms with Crippen LogP contribution in [0.2, 0.25) is 0 Å². The number of hydrogen-bond acceptors (Lipinski definition) is 5. The highest BCUT2D eigenvalue weighted by molar-refractivity contribution is 5.89. The molecule has 0 aromatic heterocycles. The minimum absolute atomic E-state index is 0.0502. The number of carbonyl (C=O) groups is 3. The lowest BCUT2D eigenvalue weighted by molar-refractivity contribution is -0.144. The highest BCUT2D eigenvalue weighted by Crippen LogP contribution is 2.18. The number of nitrogens with zero attached hydrogens (tertiary/aromatic N) is 2. The predicted molar refractivity (Wildman–Crippen MR) is 153 cm³/mol. The van der Waals surface area contributed by atoms with Gasteiger partial charge in [0, 0.05) is 39.1 Å². The average molecular weight is 530 g/mol. The van der Waals surface area contributed by atoms with Crippen molar-refractivity contribution in [2.24, 2.45) is 0 Å². The van der Waals surface area contributed by atoms with Crippen LogP contribution in [0.3, 0.4) is 0 Å². The summed E-state index contributed by atoms with van der Waals surface area (Å²) in [5, 5.41) is 3.09. The van der Waals surface area contributed by atoms with Crippen molar-refractivity contribution in [3.63, 3.8) is 0 Å². The standard InChI is InChI=1S/C31H51N3O4/c1-6-8-10-12-13-15-28(35)34-22-21-33(24-27(34)29(36)32-20-14-11-9-7-2)23-25-16-18-26(19-17-25)30(37)38-31(3,4)5/h16-19,27H,6-15,20-24H2,1-5H3,(H,32,36)/t27-/m1/s1. The van der Waals surface area contributed by atoms with Crippen molar-refractivity contribution in [3.05, 3.63) is 35.4 Å². The summed E-state index contributed by atoms with van der Waals surface area (Å²) >= 11 is 0. The third kappa shape index (κ3) is 11.5. The normalized spacial score (nSPS) is 16.3. The number of piperazine rings is 1. The van der Waals surface area contributed by atoms with E-state index in [0.717, 1.165) is 50.6 Å². The van der Waals surface area contributed by atoms with Gasteiger partial charge in [0.2, 0.25) is 11.8 Å². The predicted octanol–water partition coefficient (Wildman–Crippen LogP) is 5.71. The summed E-state index contributed by atoms with van der Waals surface area (Å²) in [6.07, 6.45) is 10.4. The summed E-state index contributed by atoms with van der Waals surface area (Å²) in [4.78, 5) is 42.7. The van der Waals surface area contributed by atoms with Crippen LogP contribution in [0.25, 0.3) is 0 Å². The van der Waals surface area contributed by atoms with Crippen molar-refractivity contribution in [1.29, 1.82) is 0 Å². The van der Waals surface area contributed by atoms with Crippen LogP contribution in [0.15, 0.2) is 24.3 Å². The highest BCUT2D eigenvalue weighted by atomic mass is 16.6. The van der Waals surface area contributed by atoms with Crippen molar-refractivity contribution < 1.29 is 19.1 Å². The Labute approximate surface area is 230 Å². The molecule has 1 aliphatic heterocycles. The zero-order valence-electron chi connectivity index (χ0n) is 24.5. The van der Waals surface area contributed by atoms with Gasteiger partial charge in [0.05, 0.1) is 5.56 Å². The van der Waals surface area contributed by atoms with E-state index in [1.54, 1.807) is 12.1 Å². The van der Waals surface area contributed by atoms with Crippen molar-refractivity contribution in [2.45, 2.75) is 117 Å². The van der Waals surface area contributed by atoms with Gasteiger partial charge >= 0.3 is 5.97 Å². The fourth-order valence-corrected chi connectivity index (χ4v) is 4.75. The number of carbonyl (C=O) groups excluding carboxylic acids is 3. The van der Waals surface area contributed by atoms with E-state index in [-0.39, 0.29) is 17.8 Å². The van der Waals surface area contributed by atoms with E-state index < -0.39 is 11.6 Å². The van der Waals surface area contributed by atoms with E-state index in [1.807, 2.05) is 37.8 Å². The fourth-order valence-electron chi connectivity index (χ4n) is 4.75. The Kier molecular flexibility index (Phi) is 13.8. The SMILES string of the molecule is CCCCCCCC(=O)N1CCN(Cc2ccc(C(=O)OC(C)(C)C)cc2)C[C@@H]1C(=O)NCCCCCC. The number of benzene rings is 1. The van der Waals surface area contributed by atoms with Crippen molar-refractivity contribution >= 4 is 17.8 Å². The minimum Gasteiger partial charge on any atom is -0.456 e. The molecular weight excluding hydrogens is 478 g/mol. The van der Waals surface area contributed by atoms with E-state index >= 15 is 0 Å². The monoisotopic (exact) mass is 529 g/mol.